The molecule has 0 bridgehead atoms. The molecule has 0 aliphatic rings. The van der Waals surface area contributed by atoms with Crippen molar-refractivity contribution in [3.05, 3.63) is 71.8 Å². The molecule has 22 heavy (non-hydrogen) atoms. The van der Waals surface area contributed by atoms with Crippen LogP contribution in [0.15, 0.2) is 60.7 Å². The molecule has 0 aliphatic carbocycles. The molecular formula is C18H22N2OS. The third-order valence-electron chi connectivity index (χ3n) is 3.30. The van der Waals surface area contributed by atoms with Gasteiger partial charge in [-0.25, -0.2) is 0 Å². The van der Waals surface area contributed by atoms with E-state index in [9.17, 15) is 0 Å². The number of thiocarbonyl (C=S) groups is 1. The van der Waals surface area contributed by atoms with E-state index in [0.717, 1.165) is 24.7 Å². The summed E-state index contributed by atoms with van der Waals surface area (Å²) in [6.45, 7) is 2.93. The van der Waals surface area contributed by atoms with Gasteiger partial charge in [0.05, 0.1) is 6.61 Å². The van der Waals surface area contributed by atoms with Gasteiger partial charge in [0.15, 0.2) is 5.11 Å². The van der Waals surface area contributed by atoms with Crippen LogP contribution in [-0.2, 0) is 17.8 Å². The first-order valence-corrected chi connectivity index (χ1v) is 7.80. The standard InChI is InChI=1S/C18H22N2OS/c1-21-13-12-19-18(22)20(14-16-8-4-2-5-9-16)15-17-10-6-3-7-11-17/h2-11H,12-15H2,1H3,(H,19,22). The van der Waals surface area contributed by atoms with Crippen molar-refractivity contribution in [3.8, 4) is 0 Å². The molecule has 0 heterocycles. The zero-order valence-electron chi connectivity index (χ0n) is 12.9. The van der Waals surface area contributed by atoms with E-state index in [4.69, 9.17) is 17.0 Å². The third-order valence-corrected chi connectivity index (χ3v) is 3.70. The number of rotatable bonds is 7. The van der Waals surface area contributed by atoms with Crippen LogP contribution in [-0.4, -0.2) is 30.3 Å². The first-order chi connectivity index (χ1) is 10.8. The Bertz CT molecular complexity index is 518. The summed E-state index contributed by atoms with van der Waals surface area (Å²) in [5.74, 6) is 0. The minimum absolute atomic E-state index is 0.644. The zero-order chi connectivity index (χ0) is 15.6. The summed E-state index contributed by atoms with van der Waals surface area (Å²) in [6.07, 6.45) is 0. The second-order valence-corrected chi connectivity index (χ2v) is 5.44. The van der Waals surface area contributed by atoms with Crippen molar-refractivity contribution in [1.29, 1.82) is 0 Å². The highest BCUT2D eigenvalue weighted by atomic mass is 32.1. The molecule has 0 radical (unpaired) electrons. The van der Waals surface area contributed by atoms with Gasteiger partial charge in [-0.1, -0.05) is 60.7 Å². The van der Waals surface area contributed by atoms with Gasteiger partial charge in [0, 0.05) is 26.7 Å². The fourth-order valence-electron chi connectivity index (χ4n) is 2.18. The van der Waals surface area contributed by atoms with Crippen molar-refractivity contribution in [2.24, 2.45) is 0 Å². The summed E-state index contributed by atoms with van der Waals surface area (Å²) < 4.78 is 5.07. The largest absolute Gasteiger partial charge is 0.383 e. The number of benzene rings is 2. The lowest BCUT2D eigenvalue weighted by Crippen LogP contribution is -2.40. The van der Waals surface area contributed by atoms with Gasteiger partial charge in [-0.3, -0.25) is 0 Å². The highest BCUT2D eigenvalue weighted by Gasteiger charge is 2.10. The van der Waals surface area contributed by atoms with Gasteiger partial charge >= 0.3 is 0 Å². The van der Waals surface area contributed by atoms with E-state index in [0.29, 0.717) is 6.61 Å². The Morgan fingerprint density at radius 2 is 1.45 bits per heavy atom. The fourth-order valence-corrected chi connectivity index (χ4v) is 2.41. The van der Waals surface area contributed by atoms with Gasteiger partial charge in [-0.05, 0) is 23.3 Å². The maximum Gasteiger partial charge on any atom is 0.169 e. The normalized spacial score (nSPS) is 10.2. The highest BCUT2D eigenvalue weighted by molar-refractivity contribution is 7.80. The first kappa shape index (κ1) is 16.5. The SMILES string of the molecule is COCCNC(=S)N(Cc1ccccc1)Cc1ccccc1. The Kier molecular flexibility index (Phi) is 6.87. The lowest BCUT2D eigenvalue weighted by Gasteiger charge is -2.26. The molecule has 0 fully saturated rings. The molecule has 1 N–H and O–H groups in total. The monoisotopic (exact) mass is 314 g/mol. The molecule has 2 aromatic carbocycles. The summed E-state index contributed by atoms with van der Waals surface area (Å²) in [5, 5.41) is 4.01. The molecule has 0 unspecified atom stereocenters. The summed E-state index contributed by atoms with van der Waals surface area (Å²) in [6, 6.07) is 20.8. The lowest BCUT2D eigenvalue weighted by atomic mass is 10.2. The molecule has 0 aromatic heterocycles. The fraction of sp³-hybridized carbons (Fsp3) is 0.278. The van der Waals surface area contributed by atoms with Crippen LogP contribution >= 0.6 is 12.2 Å². The quantitative estimate of drug-likeness (QED) is 0.626. The molecule has 3 nitrogen and oxygen atoms in total. The van der Waals surface area contributed by atoms with Crippen molar-refractivity contribution < 1.29 is 4.74 Å². The van der Waals surface area contributed by atoms with Crippen molar-refractivity contribution >= 4 is 17.3 Å². The number of ether oxygens (including phenoxy) is 1. The summed E-state index contributed by atoms with van der Waals surface area (Å²) >= 11 is 5.55. The van der Waals surface area contributed by atoms with E-state index < -0.39 is 0 Å². The second-order valence-electron chi connectivity index (χ2n) is 5.05. The Balaban J connectivity index is 2.04. The van der Waals surface area contributed by atoms with Gasteiger partial charge in [-0.2, -0.15) is 0 Å². The number of nitrogens with zero attached hydrogens (tertiary/aromatic N) is 1. The second kappa shape index (κ2) is 9.18. The molecule has 2 aromatic rings. The van der Waals surface area contributed by atoms with Crippen LogP contribution in [0.5, 0.6) is 0 Å². The number of hydrogen-bond acceptors (Lipinski definition) is 2. The van der Waals surface area contributed by atoms with Crippen molar-refractivity contribution in [3.63, 3.8) is 0 Å². The molecule has 0 spiro atoms. The van der Waals surface area contributed by atoms with Gasteiger partial charge in [0.1, 0.15) is 0 Å². The molecule has 0 atom stereocenters. The topological polar surface area (TPSA) is 24.5 Å². The number of nitrogens with one attached hydrogen (secondary N) is 1. The molecule has 0 amide bonds. The minimum atomic E-state index is 0.644. The summed E-state index contributed by atoms with van der Waals surface area (Å²) in [5.41, 5.74) is 2.49. The summed E-state index contributed by atoms with van der Waals surface area (Å²) in [4.78, 5) is 2.18. The van der Waals surface area contributed by atoms with Gasteiger partial charge < -0.3 is 15.0 Å². The maximum atomic E-state index is 5.55. The average Bonchev–Trinajstić information content (AvgIpc) is 2.56. The minimum Gasteiger partial charge on any atom is -0.383 e. The van der Waals surface area contributed by atoms with E-state index in [2.05, 4.69) is 58.7 Å². The van der Waals surface area contributed by atoms with Crippen LogP contribution in [0.2, 0.25) is 0 Å². The summed E-state index contributed by atoms with van der Waals surface area (Å²) in [7, 11) is 1.69. The van der Waals surface area contributed by atoms with Crippen molar-refractivity contribution in [2.45, 2.75) is 13.1 Å². The predicted octanol–water partition coefficient (Wildman–Crippen LogP) is 3.21. The molecule has 0 aliphatic heterocycles. The van der Waals surface area contributed by atoms with Crippen LogP contribution < -0.4 is 5.32 Å². The zero-order valence-corrected chi connectivity index (χ0v) is 13.7. The van der Waals surface area contributed by atoms with Crippen LogP contribution in [0.1, 0.15) is 11.1 Å². The average molecular weight is 314 g/mol. The van der Waals surface area contributed by atoms with Crippen LogP contribution in [0, 0.1) is 0 Å². The van der Waals surface area contributed by atoms with E-state index in [-0.39, 0.29) is 0 Å². The predicted molar refractivity (Wildman–Crippen MR) is 94.6 cm³/mol. The van der Waals surface area contributed by atoms with Crippen LogP contribution in [0.4, 0.5) is 0 Å². The first-order valence-electron chi connectivity index (χ1n) is 7.39. The van der Waals surface area contributed by atoms with Crippen molar-refractivity contribution in [1.82, 2.24) is 10.2 Å². The molecular weight excluding hydrogens is 292 g/mol. The Morgan fingerprint density at radius 1 is 0.955 bits per heavy atom. The lowest BCUT2D eigenvalue weighted by molar-refractivity contribution is 0.202. The Labute approximate surface area is 137 Å². The van der Waals surface area contributed by atoms with E-state index >= 15 is 0 Å². The van der Waals surface area contributed by atoms with Gasteiger partial charge in [0.2, 0.25) is 0 Å². The van der Waals surface area contributed by atoms with Crippen LogP contribution in [0.25, 0.3) is 0 Å². The highest BCUT2D eigenvalue weighted by Crippen LogP contribution is 2.10. The third kappa shape index (κ3) is 5.47. The van der Waals surface area contributed by atoms with Gasteiger partial charge in [0.25, 0.3) is 0 Å². The number of methoxy groups -OCH3 is 1. The number of hydrogen-bond donors (Lipinski definition) is 1. The smallest absolute Gasteiger partial charge is 0.169 e. The maximum absolute atomic E-state index is 5.55. The van der Waals surface area contributed by atoms with E-state index in [1.54, 1.807) is 7.11 Å². The molecule has 4 heteroatoms. The molecule has 116 valence electrons. The molecule has 0 saturated carbocycles. The van der Waals surface area contributed by atoms with Crippen molar-refractivity contribution in [2.75, 3.05) is 20.3 Å². The van der Waals surface area contributed by atoms with Gasteiger partial charge in [-0.15, -0.1) is 0 Å². The van der Waals surface area contributed by atoms with E-state index in [1.165, 1.54) is 11.1 Å². The molecule has 0 saturated heterocycles. The molecule has 2 rings (SSSR count). The Hall–Kier alpha value is -1.91. The van der Waals surface area contributed by atoms with E-state index in [1.807, 2.05) is 12.1 Å². The van der Waals surface area contributed by atoms with Crippen LogP contribution in [0.3, 0.4) is 0 Å². The Morgan fingerprint density at radius 3 is 1.91 bits per heavy atom.